The van der Waals surface area contributed by atoms with E-state index < -0.39 is 5.41 Å². The Balaban J connectivity index is 1.04. The first-order valence-corrected chi connectivity index (χ1v) is 16.2. The van der Waals surface area contributed by atoms with E-state index in [-0.39, 0.29) is 17.9 Å². The van der Waals surface area contributed by atoms with E-state index in [4.69, 9.17) is 0 Å². The first kappa shape index (κ1) is 29.8. The zero-order valence-corrected chi connectivity index (χ0v) is 25.9. The van der Waals surface area contributed by atoms with E-state index in [0.29, 0.717) is 6.54 Å². The molecular formula is C39H43N3O2. The highest BCUT2D eigenvalue weighted by atomic mass is 16.2. The van der Waals surface area contributed by atoms with Crippen LogP contribution in [0.1, 0.15) is 66.1 Å². The predicted molar refractivity (Wildman–Crippen MR) is 179 cm³/mol. The topological polar surface area (TPSA) is 61.4 Å². The molecular weight excluding hydrogens is 542 g/mol. The maximum atomic E-state index is 13.8. The maximum Gasteiger partial charge on any atom is 0.252 e. The van der Waals surface area contributed by atoms with Crippen LogP contribution in [0.3, 0.4) is 0 Å². The molecule has 0 atom stereocenters. The molecule has 1 aliphatic heterocycles. The smallest absolute Gasteiger partial charge is 0.252 e. The molecule has 0 aromatic heterocycles. The number of hydrogen-bond acceptors (Lipinski definition) is 3. The van der Waals surface area contributed by atoms with Crippen LogP contribution >= 0.6 is 0 Å². The quantitative estimate of drug-likeness (QED) is 0.195. The summed E-state index contributed by atoms with van der Waals surface area (Å²) in [6.07, 6.45) is 4.68. The van der Waals surface area contributed by atoms with E-state index in [1.165, 1.54) is 16.7 Å². The lowest BCUT2D eigenvalue weighted by Crippen LogP contribution is -2.45. The van der Waals surface area contributed by atoms with E-state index in [9.17, 15) is 9.59 Å². The number of carbonyl (C=O) groups excluding carboxylic acids is 2. The summed E-state index contributed by atoms with van der Waals surface area (Å²) in [6, 6.07) is 33.3. The molecule has 44 heavy (non-hydrogen) atoms. The lowest BCUT2D eigenvalue weighted by atomic mass is 9.73. The van der Waals surface area contributed by atoms with Crippen LogP contribution in [-0.2, 0) is 10.2 Å². The summed E-state index contributed by atoms with van der Waals surface area (Å²) < 4.78 is 0. The van der Waals surface area contributed by atoms with Gasteiger partial charge < -0.3 is 15.5 Å². The molecule has 0 spiro atoms. The molecule has 1 fully saturated rings. The highest BCUT2D eigenvalue weighted by Gasteiger charge is 2.48. The van der Waals surface area contributed by atoms with Crippen LogP contribution in [0.2, 0.25) is 0 Å². The average molecular weight is 586 g/mol. The van der Waals surface area contributed by atoms with Crippen LogP contribution in [0.15, 0.2) is 97.1 Å². The Morgan fingerprint density at radius 2 is 1.36 bits per heavy atom. The molecule has 2 amide bonds. The summed E-state index contributed by atoms with van der Waals surface area (Å²) in [6.45, 7) is 7.63. The Hall–Kier alpha value is -4.22. The minimum Gasteiger partial charge on any atom is -0.355 e. The van der Waals surface area contributed by atoms with E-state index in [2.05, 4.69) is 95.3 Å². The van der Waals surface area contributed by atoms with E-state index in [0.717, 1.165) is 79.6 Å². The van der Waals surface area contributed by atoms with Crippen molar-refractivity contribution in [2.24, 2.45) is 0 Å². The third-order valence-corrected chi connectivity index (χ3v) is 9.52. The zero-order valence-electron chi connectivity index (χ0n) is 25.9. The van der Waals surface area contributed by atoms with Gasteiger partial charge in [0, 0.05) is 31.2 Å². The summed E-state index contributed by atoms with van der Waals surface area (Å²) in [5, 5.41) is 6.48. The SMILES string of the molecule is CCNC(=O)C1(CCCCN2CCC(NC(=O)c3ccccc3-c3ccc(C)cc3)CC2)c2ccccc2-c2ccccc21. The van der Waals surface area contributed by atoms with Gasteiger partial charge in [-0.2, -0.15) is 0 Å². The van der Waals surface area contributed by atoms with Crippen molar-refractivity contribution in [2.45, 2.75) is 57.4 Å². The number of benzene rings is 4. The fourth-order valence-corrected chi connectivity index (χ4v) is 7.22. The molecule has 2 aliphatic rings. The van der Waals surface area contributed by atoms with Gasteiger partial charge in [0.15, 0.2) is 0 Å². The maximum absolute atomic E-state index is 13.8. The highest BCUT2D eigenvalue weighted by molar-refractivity contribution is 6.01. The number of likely N-dealkylation sites (N-methyl/N-ethyl adjacent to an activating group) is 1. The van der Waals surface area contributed by atoms with Gasteiger partial charge in [0.05, 0.1) is 0 Å². The second kappa shape index (κ2) is 13.2. The Kier molecular flexibility index (Phi) is 8.94. The normalized spacial score (nSPS) is 15.8. The van der Waals surface area contributed by atoms with E-state index in [1.807, 2.05) is 31.2 Å². The minimum atomic E-state index is -0.644. The van der Waals surface area contributed by atoms with Crippen LogP contribution in [0.4, 0.5) is 0 Å². The fraction of sp³-hybridized carbons (Fsp3) is 0.333. The number of aryl methyl sites for hydroxylation is 1. The van der Waals surface area contributed by atoms with Crippen LogP contribution < -0.4 is 10.6 Å². The van der Waals surface area contributed by atoms with Gasteiger partial charge in [-0.3, -0.25) is 9.59 Å². The van der Waals surface area contributed by atoms with Crippen molar-refractivity contribution >= 4 is 11.8 Å². The standard InChI is InChI=1S/C39H43N3O2/c1-3-40-38(44)39(35-16-8-6-13-32(35)33-14-7-9-17-36(33)39)24-10-11-25-42-26-22-30(23-27-42)41-37(43)34-15-5-4-12-31(34)29-20-18-28(2)19-21-29/h4-9,12-21,30H,3,10-11,22-27H2,1-2H3,(H,40,44)(H,41,43). The Bertz CT molecular complexity index is 1570. The molecule has 2 N–H and O–H groups in total. The first-order chi connectivity index (χ1) is 21.5. The van der Waals surface area contributed by atoms with Crippen molar-refractivity contribution in [3.63, 3.8) is 0 Å². The van der Waals surface area contributed by atoms with Gasteiger partial charge in [-0.25, -0.2) is 0 Å². The molecule has 6 rings (SSSR count). The number of hydrogen-bond donors (Lipinski definition) is 2. The first-order valence-electron chi connectivity index (χ1n) is 16.2. The van der Waals surface area contributed by atoms with E-state index in [1.54, 1.807) is 0 Å². The largest absolute Gasteiger partial charge is 0.355 e. The molecule has 1 saturated heterocycles. The third kappa shape index (κ3) is 5.81. The Morgan fingerprint density at radius 3 is 2.00 bits per heavy atom. The molecule has 1 aliphatic carbocycles. The lowest BCUT2D eigenvalue weighted by molar-refractivity contribution is -0.125. The second-order valence-corrected chi connectivity index (χ2v) is 12.3. The number of fused-ring (bicyclic) bond motifs is 3. The molecule has 1 heterocycles. The lowest BCUT2D eigenvalue weighted by Gasteiger charge is -2.33. The molecule has 5 nitrogen and oxygen atoms in total. The molecule has 4 aromatic rings. The number of unbranched alkanes of at least 4 members (excludes halogenated alkanes) is 1. The third-order valence-electron chi connectivity index (χ3n) is 9.52. The summed E-state index contributed by atoms with van der Waals surface area (Å²) in [5.41, 5.74) is 7.96. The van der Waals surface area contributed by atoms with Gasteiger partial charge in [0.2, 0.25) is 5.91 Å². The van der Waals surface area contributed by atoms with Crippen molar-refractivity contribution in [2.75, 3.05) is 26.2 Å². The Morgan fingerprint density at radius 1 is 0.773 bits per heavy atom. The number of piperidine rings is 1. The zero-order chi connectivity index (χ0) is 30.5. The van der Waals surface area contributed by atoms with Crippen LogP contribution in [0.25, 0.3) is 22.3 Å². The van der Waals surface area contributed by atoms with Crippen molar-refractivity contribution in [3.8, 4) is 22.3 Å². The highest BCUT2D eigenvalue weighted by Crippen LogP contribution is 2.51. The Labute approximate surface area is 261 Å². The second-order valence-electron chi connectivity index (χ2n) is 12.3. The monoisotopic (exact) mass is 585 g/mol. The molecule has 226 valence electrons. The number of nitrogens with zero attached hydrogens (tertiary/aromatic N) is 1. The van der Waals surface area contributed by atoms with Crippen molar-refractivity contribution in [1.29, 1.82) is 0 Å². The molecule has 0 unspecified atom stereocenters. The molecule has 5 heteroatoms. The van der Waals surface area contributed by atoms with Gasteiger partial charge in [-0.15, -0.1) is 0 Å². The van der Waals surface area contributed by atoms with Crippen molar-refractivity contribution < 1.29 is 9.59 Å². The summed E-state index contributed by atoms with van der Waals surface area (Å²) in [5.74, 6) is 0.116. The van der Waals surface area contributed by atoms with Crippen LogP contribution in [0.5, 0.6) is 0 Å². The minimum absolute atomic E-state index is 0.00686. The fourth-order valence-electron chi connectivity index (χ4n) is 7.22. The summed E-state index contributed by atoms with van der Waals surface area (Å²) >= 11 is 0. The van der Waals surface area contributed by atoms with Gasteiger partial charge in [-0.1, -0.05) is 103 Å². The van der Waals surface area contributed by atoms with Crippen LogP contribution in [0, 0.1) is 6.92 Å². The summed E-state index contributed by atoms with van der Waals surface area (Å²) in [4.78, 5) is 29.6. The number of rotatable bonds is 10. The average Bonchev–Trinajstić information content (AvgIpc) is 3.35. The van der Waals surface area contributed by atoms with Gasteiger partial charge in [0.25, 0.3) is 5.91 Å². The van der Waals surface area contributed by atoms with Crippen molar-refractivity contribution in [3.05, 3.63) is 119 Å². The van der Waals surface area contributed by atoms with Gasteiger partial charge in [0.1, 0.15) is 5.41 Å². The molecule has 0 saturated carbocycles. The molecule has 0 radical (unpaired) electrons. The number of amides is 2. The van der Waals surface area contributed by atoms with E-state index >= 15 is 0 Å². The van der Waals surface area contributed by atoms with Crippen molar-refractivity contribution in [1.82, 2.24) is 15.5 Å². The van der Waals surface area contributed by atoms with Crippen LogP contribution in [-0.4, -0.2) is 48.9 Å². The predicted octanol–water partition coefficient (Wildman–Crippen LogP) is 7.13. The number of carbonyl (C=O) groups is 2. The van der Waals surface area contributed by atoms with Gasteiger partial charge in [-0.05, 0) is 85.5 Å². The molecule has 0 bridgehead atoms. The number of nitrogens with one attached hydrogen (secondary N) is 2. The number of likely N-dealkylation sites (tertiary alicyclic amines) is 1. The van der Waals surface area contributed by atoms with Gasteiger partial charge >= 0.3 is 0 Å². The molecule has 4 aromatic carbocycles. The summed E-state index contributed by atoms with van der Waals surface area (Å²) in [7, 11) is 0.